The monoisotopic (exact) mass is 298 g/mol. The van der Waals surface area contributed by atoms with Crippen LogP contribution in [0.15, 0.2) is 29.3 Å². The molecule has 3 rings (SSSR count). The van der Waals surface area contributed by atoms with E-state index in [-0.39, 0.29) is 17.9 Å². The van der Waals surface area contributed by atoms with Gasteiger partial charge in [-0.25, -0.2) is 14.2 Å². The van der Waals surface area contributed by atoms with Gasteiger partial charge in [0.15, 0.2) is 11.3 Å². The fraction of sp³-hybridized carbons (Fsp3) is 0.214. The number of nitrogens with zero attached hydrogens (tertiary/aromatic N) is 5. The Kier molecular flexibility index (Phi) is 3.21. The van der Waals surface area contributed by atoms with Crippen LogP contribution in [0.4, 0.5) is 0 Å². The van der Waals surface area contributed by atoms with Crippen LogP contribution >= 0.6 is 0 Å². The zero-order chi connectivity index (χ0) is 15.9. The Balaban J connectivity index is 2.05. The van der Waals surface area contributed by atoms with Gasteiger partial charge in [0, 0.05) is 0 Å². The molecular weight excluding hydrogens is 284 g/mol. The average molecular weight is 298 g/mol. The molecule has 0 radical (unpaired) electrons. The molecule has 0 saturated carbocycles. The molecule has 0 fully saturated rings. The molecule has 2 heterocycles. The summed E-state index contributed by atoms with van der Waals surface area (Å²) in [4.78, 5) is 27.4. The van der Waals surface area contributed by atoms with Crippen molar-refractivity contribution in [2.45, 2.75) is 20.4 Å². The van der Waals surface area contributed by atoms with E-state index in [1.165, 1.54) is 16.6 Å². The van der Waals surface area contributed by atoms with Crippen LogP contribution in [0.1, 0.15) is 27.2 Å². The number of aromatic nitrogens is 5. The number of hydrogen-bond acceptors (Lipinski definition) is 5. The minimum atomic E-state index is -0.747. The maximum Gasteiger partial charge on any atom is 0.353 e. The molecule has 1 aromatic carbocycles. The van der Waals surface area contributed by atoms with Crippen molar-refractivity contribution >= 4 is 11.6 Å². The van der Waals surface area contributed by atoms with Gasteiger partial charge < -0.3 is 5.73 Å². The van der Waals surface area contributed by atoms with Crippen LogP contribution in [0.25, 0.3) is 5.65 Å². The average Bonchev–Trinajstić information content (AvgIpc) is 2.91. The molecule has 22 heavy (non-hydrogen) atoms. The molecule has 0 saturated heterocycles. The maximum atomic E-state index is 12.4. The van der Waals surface area contributed by atoms with E-state index in [4.69, 9.17) is 5.73 Å². The van der Waals surface area contributed by atoms with Gasteiger partial charge in [0.25, 0.3) is 5.91 Å². The number of nitrogens with two attached hydrogens (primary N) is 1. The molecule has 0 bridgehead atoms. The lowest BCUT2D eigenvalue weighted by Crippen LogP contribution is -2.30. The molecule has 1 amide bonds. The molecule has 0 spiro atoms. The van der Waals surface area contributed by atoms with Crippen molar-refractivity contribution in [2.24, 2.45) is 5.73 Å². The summed E-state index contributed by atoms with van der Waals surface area (Å²) in [5.74, 6) is -0.747. The van der Waals surface area contributed by atoms with Crippen molar-refractivity contribution in [3.8, 4) is 0 Å². The van der Waals surface area contributed by atoms with Crippen LogP contribution in [0.5, 0.6) is 0 Å². The Morgan fingerprint density at radius 1 is 1.27 bits per heavy atom. The Labute approximate surface area is 125 Å². The summed E-state index contributed by atoms with van der Waals surface area (Å²) < 4.78 is 2.37. The first kappa shape index (κ1) is 13.9. The van der Waals surface area contributed by atoms with Gasteiger partial charge >= 0.3 is 5.69 Å². The first-order valence-corrected chi connectivity index (χ1v) is 6.64. The van der Waals surface area contributed by atoms with Gasteiger partial charge in [-0.05, 0) is 30.5 Å². The van der Waals surface area contributed by atoms with Crippen molar-refractivity contribution in [2.75, 3.05) is 0 Å². The number of primary amides is 1. The number of fused-ring (bicyclic) bond motifs is 1. The highest BCUT2D eigenvalue weighted by atomic mass is 16.2. The smallest absolute Gasteiger partial charge is 0.353 e. The first-order chi connectivity index (χ1) is 10.5. The van der Waals surface area contributed by atoms with Crippen molar-refractivity contribution in [1.82, 2.24) is 24.4 Å². The minimum Gasteiger partial charge on any atom is -0.364 e. The van der Waals surface area contributed by atoms with Gasteiger partial charge in [-0.1, -0.05) is 23.4 Å². The summed E-state index contributed by atoms with van der Waals surface area (Å²) in [6, 6.07) is 5.92. The largest absolute Gasteiger partial charge is 0.364 e. The van der Waals surface area contributed by atoms with Crippen LogP contribution in [0.3, 0.4) is 0 Å². The van der Waals surface area contributed by atoms with E-state index in [9.17, 15) is 9.59 Å². The lowest BCUT2D eigenvalue weighted by Gasteiger charge is -2.06. The third-order valence-corrected chi connectivity index (χ3v) is 3.55. The first-order valence-electron chi connectivity index (χ1n) is 6.64. The lowest BCUT2D eigenvalue weighted by atomic mass is 10.1. The highest BCUT2D eigenvalue weighted by Gasteiger charge is 2.15. The Morgan fingerprint density at radius 3 is 2.73 bits per heavy atom. The van der Waals surface area contributed by atoms with E-state index >= 15 is 0 Å². The van der Waals surface area contributed by atoms with E-state index in [1.807, 2.05) is 32.0 Å². The topological polar surface area (TPSA) is 108 Å². The predicted octanol–water partition coefficient (Wildman–Crippen LogP) is 0.0500. The van der Waals surface area contributed by atoms with Gasteiger partial charge in [0.1, 0.15) is 6.33 Å². The third kappa shape index (κ3) is 2.24. The summed E-state index contributed by atoms with van der Waals surface area (Å²) in [5.41, 5.74) is 8.00. The summed E-state index contributed by atoms with van der Waals surface area (Å²) in [5, 5.41) is 7.73. The standard InChI is InChI=1S/C14H14N6O2/c1-8-3-4-10(5-9(8)2)6-20-14(22)19-7-16-11(12(15)21)13(19)17-18-20/h3-5,7H,6H2,1-2H3,(H2,15,21). The fourth-order valence-electron chi connectivity index (χ4n) is 2.18. The molecule has 8 nitrogen and oxygen atoms in total. The third-order valence-electron chi connectivity index (χ3n) is 3.55. The quantitative estimate of drug-likeness (QED) is 0.735. The maximum absolute atomic E-state index is 12.4. The SMILES string of the molecule is Cc1ccc(Cn2nnc3c(C(N)=O)ncn3c2=O)cc1C. The number of amides is 1. The number of carbonyl (C=O) groups excluding carboxylic acids is 1. The van der Waals surface area contributed by atoms with E-state index in [2.05, 4.69) is 15.3 Å². The number of benzene rings is 1. The van der Waals surface area contributed by atoms with Crippen LogP contribution in [-0.4, -0.2) is 30.3 Å². The Morgan fingerprint density at radius 2 is 2.05 bits per heavy atom. The number of imidazole rings is 1. The molecule has 0 aliphatic carbocycles. The predicted molar refractivity (Wildman–Crippen MR) is 78.6 cm³/mol. The van der Waals surface area contributed by atoms with Crippen LogP contribution in [-0.2, 0) is 6.54 Å². The normalized spacial score (nSPS) is 11.0. The minimum absolute atomic E-state index is 0.0637. The molecule has 0 unspecified atom stereocenters. The zero-order valence-corrected chi connectivity index (χ0v) is 12.1. The summed E-state index contributed by atoms with van der Waals surface area (Å²) in [6.07, 6.45) is 1.23. The highest BCUT2D eigenvalue weighted by molar-refractivity contribution is 5.96. The molecule has 0 aliphatic heterocycles. The van der Waals surface area contributed by atoms with Crippen molar-refractivity contribution in [1.29, 1.82) is 0 Å². The van der Waals surface area contributed by atoms with Crippen LogP contribution < -0.4 is 11.4 Å². The van der Waals surface area contributed by atoms with Gasteiger partial charge in [-0.15, -0.1) is 5.10 Å². The molecule has 0 aliphatic rings. The van der Waals surface area contributed by atoms with E-state index in [0.29, 0.717) is 0 Å². The van der Waals surface area contributed by atoms with E-state index < -0.39 is 11.6 Å². The van der Waals surface area contributed by atoms with E-state index in [1.54, 1.807) is 0 Å². The van der Waals surface area contributed by atoms with Gasteiger partial charge in [0.05, 0.1) is 6.54 Å². The molecule has 2 aromatic heterocycles. The van der Waals surface area contributed by atoms with Gasteiger partial charge in [-0.2, -0.15) is 4.68 Å². The molecule has 112 valence electrons. The number of rotatable bonds is 3. The van der Waals surface area contributed by atoms with Crippen molar-refractivity contribution in [3.63, 3.8) is 0 Å². The summed E-state index contributed by atoms with van der Waals surface area (Å²) in [6.45, 7) is 4.31. The lowest BCUT2D eigenvalue weighted by molar-refractivity contribution is 0.0997. The van der Waals surface area contributed by atoms with Crippen molar-refractivity contribution in [3.05, 3.63) is 57.4 Å². The fourth-order valence-corrected chi connectivity index (χ4v) is 2.18. The molecule has 3 aromatic rings. The number of aryl methyl sites for hydroxylation is 2. The van der Waals surface area contributed by atoms with Gasteiger partial charge in [0.2, 0.25) is 0 Å². The van der Waals surface area contributed by atoms with Crippen LogP contribution in [0, 0.1) is 13.8 Å². The second-order valence-corrected chi connectivity index (χ2v) is 5.10. The highest BCUT2D eigenvalue weighted by Crippen LogP contribution is 2.10. The van der Waals surface area contributed by atoms with Crippen LogP contribution in [0.2, 0.25) is 0 Å². The Bertz CT molecular complexity index is 940. The molecule has 2 N–H and O–H groups in total. The second-order valence-electron chi connectivity index (χ2n) is 5.10. The summed E-state index contributed by atoms with van der Waals surface area (Å²) in [7, 11) is 0. The Hall–Kier alpha value is -3.03. The van der Waals surface area contributed by atoms with Gasteiger partial charge in [-0.3, -0.25) is 4.79 Å². The van der Waals surface area contributed by atoms with E-state index in [0.717, 1.165) is 15.5 Å². The number of hydrogen-bond donors (Lipinski definition) is 1. The molecule has 0 atom stereocenters. The number of carbonyl (C=O) groups is 1. The van der Waals surface area contributed by atoms with Crippen molar-refractivity contribution < 1.29 is 4.79 Å². The molecular formula is C14H14N6O2. The molecule has 8 heteroatoms. The second kappa shape index (κ2) is 5.06. The summed E-state index contributed by atoms with van der Waals surface area (Å²) >= 11 is 0. The zero-order valence-electron chi connectivity index (χ0n) is 12.1.